The summed E-state index contributed by atoms with van der Waals surface area (Å²) in [4.78, 5) is 16.0. The Morgan fingerprint density at radius 3 is 2.68 bits per heavy atom. The smallest absolute Gasteiger partial charge is 0.187 e. The van der Waals surface area contributed by atoms with Crippen LogP contribution in [0.2, 0.25) is 10.0 Å². The largest absolute Gasteiger partial charge is 0.292 e. The molecule has 0 saturated heterocycles. The molecule has 1 heterocycles. The predicted molar refractivity (Wildman–Crippen MR) is 76.4 cm³/mol. The number of benzene rings is 1. The van der Waals surface area contributed by atoms with E-state index < -0.39 is 0 Å². The molecule has 0 amide bonds. The summed E-state index contributed by atoms with van der Waals surface area (Å²) < 4.78 is 13.4. The van der Waals surface area contributed by atoms with Crippen LogP contribution < -0.4 is 0 Å². The van der Waals surface area contributed by atoms with Gasteiger partial charge in [0.05, 0.1) is 14.5 Å². The lowest BCUT2D eigenvalue weighted by Gasteiger charge is -2.04. The van der Waals surface area contributed by atoms with Crippen LogP contribution in [0.15, 0.2) is 34.9 Å². The molecule has 0 aliphatic rings. The Kier molecular flexibility index (Phi) is 4.55. The number of pyridine rings is 1. The van der Waals surface area contributed by atoms with E-state index in [9.17, 15) is 9.18 Å². The number of rotatable bonds is 3. The van der Waals surface area contributed by atoms with Gasteiger partial charge in [-0.25, -0.2) is 9.37 Å². The highest BCUT2D eigenvalue weighted by atomic mass is 79.9. The fraction of sp³-hybridized carbons (Fsp3) is 0.0769. The fourth-order valence-electron chi connectivity index (χ4n) is 1.54. The average molecular weight is 363 g/mol. The topological polar surface area (TPSA) is 30.0 Å². The first-order valence-electron chi connectivity index (χ1n) is 5.25. The van der Waals surface area contributed by atoms with Gasteiger partial charge in [-0.2, -0.15) is 0 Å². The maximum Gasteiger partial charge on any atom is 0.187 e. The zero-order valence-corrected chi connectivity index (χ0v) is 12.6. The van der Waals surface area contributed by atoms with E-state index in [-0.39, 0.29) is 28.7 Å². The van der Waals surface area contributed by atoms with Gasteiger partial charge >= 0.3 is 0 Å². The third kappa shape index (κ3) is 3.53. The summed E-state index contributed by atoms with van der Waals surface area (Å²) in [5.41, 5.74) is 0.831. The molecule has 19 heavy (non-hydrogen) atoms. The van der Waals surface area contributed by atoms with Crippen LogP contribution in [0.4, 0.5) is 4.39 Å². The minimum Gasteiger partial charge on any atom is -0.292 e. The molecule has 0 saturated carbocycles. The highest BCUT2D eigenvalue weighted by Crippen LogP contribution is 2.21. The molecule has 0 aliphatic heterocycles. The second-order valence-electron chi connectivity index (χ2n) is 3.83. The molecule has 0 spiro atoms. The Labute approximate surface area is 127 Å². The molecule has 0 fully saturated rings. The van der Waals surface area contributed by atoms with Crippen molar-refractivity contribution in [1.82, 2.24) is 4.98 Å². The van der Waals surface area contributed by atoms with Crippen molar-refractivity contribution < 1.29 is 9.18 Å². The van der Waals surface area contributed by atoms with Crippen LogP contribution in [0, 0.1) is 5.82 Å². The van der Waals surface area contributed by atoms with Gasteiger partial charge in [-0.1, -0.05) is 29.3 Å². The molecule has 2 aromatic rings. The van der Waals surface area contributed by atoms with E-state index >= 15 is 0 Å². The molecule has 0 aliphatic carbocycles. The number of halogens is 4. The molecule has 0 radical (unpaired) electrons. The summed E-state index contributed by atoms with van der Waals surface area (Å²) in [6.07, 6.45) is 1.45. The Morgan fingerprint density at radius 2 is 2.05 bits per heavy atom. The molecule has 2 nitrogen and oxygen atoms in total. The summed E-state index contributed by atoms with van der Waals surface area (Å²) in [5.74, 6) is -0.626. The van der Waals surface area contributed by atoms with E-state index in [2.05, 4.69) is 20.9 Å². The summed E-state index contributed by atoms with van der Waals surface area (Å²) in [6.45, 7) is 0. The van der Waals surface area contributed by atoms with Crippen molar-refractivity contribution in [1.29, 1.82) is 0 Å². The monoisotopic (exact) mass is 361 g/mol. The third-order valence-electron chi connectivity index (χ3n) is 2.42. The zero-order chi connectivity index (χ0) is 14.0. The van der Waals surface area contributed by atoms with Crippen molar-refractivity contribution in [2.75, 3.05) is 0 Å². The number of hydrogen-bond donors (Lipinski definition) is 0. The maximum atomic E-state index is 13.1. The lowest BCUT2D eigenvalue weighted by molar-refractivity contribution is 0.0988. The molecular weight excluding hydrogens is 356 g/mol. The zero-order valence-electron chi connectivity index (χ0n) is 9.46. The average Bonchev–Trinajstić information content (AvgIpc) is 2.33. The lowest BCUT2D eigenvalue weighted by Crippen LogP contribution is -2.07. The standard InChI is InChI=1S/C13H7BrCl2FNO/c14-9-3-7(1-2-11(9)17)4-12(19)13-10(16)5-8(15)6-18-13/h1-3,5-6H,4H2. The Balaban J connectivity index is 2.23. The lowest BCUT2D eigenvalue weighted by atomic mass is 10.1. The molecule has 0 N–H and O–H groups in total. The van der Waals surface area contributed by atoms with E-state index in [1.54, 1.807) is 12.1 Å². The van der Waals surface area contributed by atoms with E-state index in [0.29, 0.717) is 15.1 Å². The van der Waals surface area contributed by atoms with E-state index in [1.165, 1.54) is 18.3 Å². The summed E-state index contributed by atoms with van der Waals surface area (Å²) in [7, 11) is 0. The van der Waals surface area contributed by atoms with E-state index in [0.717, 1.165) is 0 Å². The van der Waals surface area contributed by atoms with Crippen LogP contribution in [0.3, 0.4) is 0 Å². The second kappa shape index (κ2) is 5.99. The van der Waals surface area contributed by atoms with Crippen molar-refractivity contribution in [3.63, 3.8) is 0 Å². The van der Waals surface area contributed by atoms with Gasteiger partial charge in [-0.05, 0) is 39.7 Å². The van der Waals surface area contributed by atoms with E-state index in [1.807, 2.05) is 0 Å². The molecule has 0 bridgehead atoms. The second-order valence-corrected chi connectivity index (χ2v) is 5.53. The first-order valence-corrected chi connectivity index (χ1v) is 6.80. The van der Waals surface area contributed by atoms with Gasteiger partial charge in [0.2, 0.25) is 0 Å². The first-order chi connectivity index (χ1) is 8.97. The summed E-state index contributed by atoms with van der Waals surface area (Å²) >= 11 is 14.7. The Morgan fingerprint density at radius 1 is 1.32 bits per heavy atom. The third-order valence-corrected chi connectivity index (χ3v) is 3.52. The summed E-state index contributed by atoms with van der Waals surface area (Å²) in [5, 5.41) is 0.574. The molecule has 1 aromatic carbocycles. The van der Waals surface area contributed by atoms with Crippen LogP contribution in [0.1, 0.15) is 16.1 Å². The van der Waals surface area contributed by atoms with Gasteiger partial charge in [-0.15, -0.1) is 0 Å². The normalized spacial score (nSPS) is 10.5. The number of aromatic nitrogens is 1. The number of ketones is 1. The van der Waals surface area contributed by atoms with Crippen molar-refractivity contribution >= 4 is 44.9 Å². The van der Waals surface area contributed by atoms with Crippen molar-refractivity contribution in [2.24, 2.45) is 0 Å². The molecule has 0 atom stereocenters. The number of nitrogens with zero attached hydrogens (tertiary/aromatic N) is 1. The van der Waals surface area contributed by atoms with Gasteiger partial charge in [0.1, 0.15) is 11.5 Å². The van der Waals surface area contributed by atoms with Gasteiger partial charge in [0.25, 0.3) is 0 Å². The van der Waals surface area contributed by atoms with Gasteiger partial charge in [-0.3, -0.25) is 4.79 Å². The maximum absolute atomic E-state index is 13.1. The molecule has 0 unspecified atom stereocenters. The van der Waals surface area contributed by atoms with Crippen LogP contribution in [-0.4, -0.2) is 10.8 Å². The molecule has 1 aromatic heterocycles. The van der Waals surface area contributed by atoms with Crippen LogP contribution in [0.5, 0.6) is 0 Å². The van der Waals surface area contributed by atoms with Gasteiger partial charge < -0.3 is 0 Å². The summed E-state index contributed by atoms with van der Waals surface area (Å²) in [6, 6.07) is 5.85. The molecule has 6 heteroatoms. The quantitative estimate of drug-likeness (QED) is 0.739. The van der Waals surface area contributed by atoms with Crippen molar-refractivity contribution in [2.45, 2.75) is 6.42 Å². The highest BCUT2D eigenvalue weighted by molar-refractivity contribution is 9.10. The Bertz CT molecular complexity index is 649. The van der Waals surface area contributed by atoms with Crippen molar-refractivity contribution in [3.8, 4) is 0 Å². The van der Waals surface area contributed by atoms with Crippen LogP contribution in [0.25, 0.3) is 0 Å². The molecule has 98 valence electrons. The van der Waals surface area contributed by atoms with E-state index in [4.69, 9.17) is 23.2 Å². The van der Waals surface area contributed by atoms with Gasteiger partial charge in [0.15, 0.2) is 5.78 Å². The van der Waals surface area contributed by atoms with Crippen molar-refractivity contribution in [3.05, 3.63) is 62.1 Å². The van der Waals surface area contributed by atoms with Crippen LogP contribution >= 0.6 is 39.1 Å². The Hall–Kier alpha value is -0.970. The molecular formula is C13H7BrCl2FNO. The minimum atomic E-state index is -0.376. The van der Waals surface area contributed by atoms with Crippen LogP contribution in [-0.2, 0) is 6.42 Å². The first kappa shape index (κ1) is 14.4. The SMILES string of the molecule is O=C(Cc1ccc(F)c(Br)c1)c1ncc(Cl)cc1Cl. The number of Topliss-reactive ketones (excluding diaryl/α,β-unsaturated/α-hetero) is 1. The number of hydrogen-bond acceptors (Lipinski definition) is 2. The minimum absolute atomic E-state index is 0.0905. The van der Waals surface area contributed by atoms with Gasteiger partial charge in [0, 0.05) is 12.6 Å². The fourth-order valence-corrected chi connectivity index (χ4v) is 2.45. The number of carbonyl (C=O) groups is 1. The highest BCUT2D eigenvalue weighted by Gasteiger charge is 2.14. The predicted octanol–water partition coefficient (Wildman–Crippen LogP) is 4.72. The molecule has 2 rings (SSSR count). The number of carbonyl (C=O) groups excluding carboxylic acids is 1.